The maximum atomic E-state index is 12.5. The van der Waals surface area contributed by atoms with Crippen molar-refractivity contribution in [3.63, 3.8) is 0 Å². The number of nitrogens with zero attached hydrogens (tertiary/aromatic N) is 3. The van der Waals surface area contributed by atoms with Gasteiger partial charge in [-0.1, -0.05) is 12.1 Å². The number of carbonyl (C=O) groups is 2. The van der Waals surface area contributed by atoms with Crippen LogP contribution in [-0.2, 0) is 9.59 Å². The first-order valence-electron chi connectivity index (χ1n) is 8.94. The lowest BCUT2D eigenvalue weighted by atomic mass is 9.91. The maximum Gasteiger partial charge on any atom is 0.348 e. The normalized spacial score (nSPS) is 19.2. The van der Waals surface area contributed by atoms with Gasteiger partial charge in [0.15, 0.2) is 0 Å². The average Bonchev–Trinajstić information content (AvgIpc) is 3.00. The van der Waals surface area contributed by atoms with Gasteiger partial charge in [-0.05, 0) is 31.5 Å². The van der Waals surface area contributed by atoms with Crippen molar-refractivity contribution in [1.82, 2.24) is 9.91 Å². The number of benzene rings is 1. The number of carboxylic acid groups (broad SMARTS) is 1. The molecular weight excluding hydrogens is 334 g/mol. The third-order valence-electron chi connectivity index (χ3n) is 4.98. The Morgan fingerprint density at radius 3 is 2.54 bits per heavy atom. The zero-order chi connectivity index (χ0) is 18.7. The highest BCUT2D eigenvalue weighted by atomic mass is 16.5. The highest BCUT2D eigenvalue weighted by molar-refractivity contribution is 5.84. The average molecular weight is 359 g/mol. The number of amides is 1. The minimum absolute atomic E-state index is 0.0157. The molecule has 0 radical (unpaired) electrons. The highest BCUT2D eigenvalue weighted by Crippen LogP contribution is 2.30. The van der Waals surface area contributed by atoms with Crippen LogP contribution in [0.2, 0.25) is 0 Å². The van der Waals surface area contributed by atoms with E-state index < -0.39 is 11.6 Å². The molecule has 1 amide bonds. The van der Waals surface area contributed by atoms with Gasteiger partial charge in [0.25, 0.3) is 0 Å². The summed E-state index contributed by atoms with van der Waals surface area (Å²) in [7, 11) is 0. The Morgan fingerprint density at radius 2 is 1.96 bits per heavy atom. The van der Waals surface area contributed by atoms with Gasteiger partial charge in [-0.2, -0.15) is 5.10 Å². The van der Waals surface area contributed by atoms with E-state index in [1.807, 2.05) is 32.0 Å². The summed E-state index contributed by atoms with van der Waals surface area (Å²) in [4.78, 5) is 26.1. The molecule has 140 valence electrons. The zero-order valence-electron chi connectivity index (χ0n) is 15.3. The number of likely N-dealkylation sites (tertiary alicyclic amines) is 1. The molecule has 2 aliphatic heterocycles. The van der Waals surface area contributed by atoms with Crippen LogP contribution in [0.15, 0.2) is 29.4 Å². The van der Waals surface area contributed by atoms with Crippen LogP contribution in [0.4, 0.5) is 0 Å². The van der Waals surface area contributed by atoms with Crippen LogP contribution >= 0.6 is 0 Å². The van der Waals surface area contributed by atoms with E-state index in [-0.39, 0.29) is 25.3 Å². The minimum Gasteiger partial charge on any atom is -0.478 e. The second kappa shape index (κ2) is 7.35. The number of hydrogen-bond donors (Lipinski definition) is 1. The smallest absolute Gasteiger partial charge is 0.348 e. The van der Waals surface area contributed by atoms with Crippen LogP contribution < -0.4 is 4.74 Å². The summed E-state index contributed by atoms with van der Waals surface area (Å²) in [6, 6.07) is 7.38. The third kappa shape index (κ3) is 3.98. The van der Waals surface area contributed by atoms with E-state index >= 15 is 0 Å². The van der Waals surface area contributed by atoms with Crippen molar-refractivity contribution in [1.29, 1.82) is 0 Å². The Labute approximate surface area is 153 Å². The van der Waals surface area contributed by atoms with Gasteiger partial charge in [-0.15, -0.1) is 0 Å². The molecule has 3 rings (SSSR count). The number of hydrazone groups is 1. The molecular formula is C19H25N3O4. The molecule has 26 heavy (non-hydrogen) atoms. The number of piperidine rings is 1. The predicted molar refractivity (Wildman–Crippen MR) is 97.3 cm³/mol. The summed E-state index contributed by atoms with van der Waals surface area (Å²) < 4.78 is 5.89. The Balaban J connectivity index is 1.62. The fourth-order valence-electron chi connectivity index (χ4n) is 3.38. The molecule has 2 aliphatic rings. The lowest BCUT2D eigenvalue weighted by Gasteiger charge is -2.39. The number of rotatable bonds is 5. The monoisotopic (exact) mass is 359 g/mol. The summed E-state index contributed by atoms with van der Waals surface area (Å²) >= 11 is 0. The third-order valence-corrected chi connectivity index (χ3v) is 4.98. The van der Waals surface area contributed by atoms with Crippen LogP contribution in [0.3, 0.4) is 0 Å². The van der Waals surface area contributed by atoms with Crippen molar-refractivity contribution >= 4 is 17.6 Å². The topological polar surface area (TPSA) is 82.4 Å². The van der Waals surface area contributed by atoms with Gasteiger partial charge >= 0.3 is 5.97 Å². The van der Waals surface area contributed by atoms with E-state index in [1.165, 1.54) is 0 Å². The van der Waals surface area contributed by atoms with E-state index in [0.717, 1.165) is 24.2 Å². The number of carboxylic acids is 1. The molecule has 1 aromatic carbocycles. The Kier molecular flexibility index (Phi) is 5.15. The van der Waals surface area contributed by atoms with E-state index in [2.05, 4.69) is 5.10 Å². The molecule has 0 aromatic heterocycles. The molecule has 0 atom stereocenters. The molecule has 1 N–H and O–H groups in total. The largest absolute Gasteiger partial charge is 0.478 e. The number of aliphatic carboxylic acids is 1. The summed E-state index contributed by atoms with van der Waals surface area (Å²) in [6.07, 6.45) is 1.42. The Morgan fingerprint density at radius 1 is 1.23 bits per heavy atom. The molecule has 1 saturated heterocycles. The van der Waals surface area contributed by atoms with Gasteiger partial charge < -0.3 is 14.7 Å². The first kappa shape index (κ1) is 18.2. The first-order valence-corrected chi connectivity index (χ1v) is 8.94. The zero-order valence-corrected chi connectivity index (χ0v) is 15.3. The van der Waals surface area contributed by atoms with E-state index in [1.54, 1.807) is 16.0 Å². The SMILES string of the molecule is CC1=NN(CC(=O)N2CCC(Oc3cccc(C)c3)(C(=O)O)CC2)CC1. The highest BCUT2D eigenvalue weighted by Gasteiger charge is 2.45. The number of ether oxygens (including phenoxy) is 1. The van der Waals surface area contributed by atoms with E-state index in [9.17, 15) is 14.7 Å². The Hall–Kier alpha value is -2.57. The summed E-state index contributed by atoms with van der Waals surface area (Å²) in [5, 5.41) is 15.9. The molecule has 0 saturated carbocycles. The standard InChI is InChI=1S/C19H25N3O4/c1-14-4-3-5-16(12-14)26-19(18(24)25)7-10-21(11-8-19)17(23)13-22-9-6-15(2)20-22/h3-5,12H,6-11,13H2,1-2H3,(H,24,25). The predicted octanol–water partition coefficient (Wildman–Crippen LogP) is 1.90. The second-order valence-electron chi connectivity index (χ2n) is 7.07. The Bertz CT molecular complexity index is 723. The number of hydrogen-bond acceptors (Lipinski definition) is 5. The number of aryl methyl sites for hydroxylation is 1. The van der Waals surface area contributed by atoms with Crippen LogP contribution in [0.1, 0.15) is 31.7 Å². The molecule has 7 heteroatoms. The molecule has 1 fully saturated rings. The van der Waals surface area contributed by atoms with Crippen molar-refractivity contribution in [3.05, 3.63) is 29.8 Å². The van der Waals surface area contributed by atoms with Crippen molar-refractivity contribution in [2.45, 2.75) is 38.7 Å². The molecule has 0 spiro atoms. The molecule has 0 bridgehead atoms. The summed E-state index contributed by atoms with van der Waals surface area (Å²) in [5.41, 5.74) is 0.762. The van der Waals surface area contributed by atoms with Gasteiger partial charge in [0, 0.05) is 44.6 Å². The lowest BCUT2D eigenvalue weighted by Crippen LogP contribution is -2.55. The minimum atomic E-state index is -1.28. The van der Waals surface area contributed by atoms with Gasteiger partial charge in [0.05, 0.1) is 0 Å². The van der Waals surface area contributed by atoms with Crippen LogP contribution in [-0.4, -0.2) is 64.4 Å². The van der Waals surface area contributed by atoms with Crippen LogP contribution in [0.5, 0.6) is 5.75 Å². The van der Waals surface area contributed by atoms with Gasteiger partial charge in [0.2, 0.25) is 11.5 Å². The van der Waals surface area contributed by atoms with E-state index in [0.29, 0.717) is 18.8 Å². The molecule has 0 aliphatic carbocycles. The summed E-state index contributed by atoms with van der Waals surface area (Å²) in [6.45, 7) is 5.64. The van der Waals surface area contributed by atoms with Crippen molar-refractivity contribution in [3.8, 4) is 5.75 Å². The van der Waals surface area contributed by atoms with Crippen molar-refractivity contribution in [2.75, 3.05) is 26.2 Å². The fourth-order valence-corrected chi connectivity index (χ4v) is 3.38. The molecule has 0 unspecified atom stereocenters. The lowest BCUT2D eigenvalue weighted by molar-refractivity contribution is -0.162. The van der Waals surface area contributed by atoms with Gasteiger partial charge in [-0.25, -0.2) is 4.79 Å². The van der Waals surface area contributed by atoms with Crippen molar-refractivity contribution in [2.24, 2.45) is 5.10 Å². The van der Waals surface area contributed by atoms with E-state index in [4.69, 9.17) is 4.74 Å². The summed E-state index contributed by atoms with van der Waals surface area (Å²) in [5.74, 6) is -0.446. The van der Waals surface area contributed by atoms with Gasteiger partial charge in [-0.3, -0.25) is 9.80 Å². The first-order chi connectivity index (χ1) is 12.4. The van der Waals surface area contributed by atoms with Crippen molar-refractivity contribution < 1.29 is 19.4 Å². The van der Waals surface area contributed by atoms with Crippen LogP contribution in [0.25, 0.3) is 0 Å². The number of carbonyl (C=O) groups excluding carboxylic acids is 1. The van der Waals surface area contributed by atoms with Crippen LogP contribution in [0, 0.1) is 6.92 Å². The molecule has 1 aromatic rings. The quantitative estimate of drug-likeness (QED) is 0.868. The maximum absolute atomic E-state index is 12.5. The van der Waals surface area contributed by atoms with Gasteiger partial charge in [0.1, 0.15) is 12.3 Å². The second-order valence-corrected chi connectivity index (χ2v) is 7.07. The molecule has 7 nitrogen and oxygen atoms in total. The fraction of sp³-hybridized carbons (Fsp3) is 0.526. The molecule has 2 heterocycles.